The van der Waals surface area contributed by atoms with E-state index in [1.54, 1.807) is 6.92 Å². The van der Waals surface area contributed by atoms with E-state index in [4.69, 9.17) is 4.74 Å². The van der Waals surface area contributed by atoms with Crippen molar-refractivity contribution in [2.24, 2.45) is 0 Å². The quantitative estimate of drug-likeness (QED) is 0.776. The summed E-state index contributed by atoms with van der Waals surface area (Å²) < 4.78 is 5.61. The molecule has 0 saturated carbocycles. The van der Waals surface area contributed by atoms with E-state index in [2.05, 4.69) is 12.2 Å². The Balaban J connectivity index is 1.67. The van der Waals surface area contributed by atoms with Gasteiger partial charge in [0, 0.05) is 0 Å². The van der Waals surface area contributed by atoms with Gasteiger partial charge in [0.25, 0.3) is 5.91 Å². The van der Waals surface area contributed by atoms with Gasteiger partial charge in [0.2, 0.25) is 0 Å². The zero-order valence-corrected chi connectivity index (χ0v) is 15.2. The summed E-state index contributed by atoms with van der Waals surface area (Å²) in [6.45, 7) is 4.35. The van der Waals surface area contributed by atoms with Gasteiger partial charge in [0.15, 0.2) is 0 Å². The molecule has 1 unspecified atom stereocenters. The number of urea groups is 1. The van der Waals surface area contributed by atoms with Crippen LogP contribution in [0.4, 0.5) is 4.79 Å². The lowest BCUT2D eigenvalue weighted by atomic mass is 9.91. The maximum Gasteiger partial charge on any atom is 0.325 e. The number of carbonyl (C=O) groups is 2. The first-order chi connectivity index (χ1) is 12.5. The van der Waals surface area contributed by atoms with Crippen molar-refractivity contribution in [2.75, 3.05) is 13.2 Å². The van der Waals surface area contributed by atoms with Crippen molar-refractivity contribution in [1.82, 2.24) is 10.2 Å². The second-order valence-electron chi connectivity index (χ2n) is 6.62. The normalized spacial score (nSPS) is 19.5. The van der Waals surface area contributed by atoms with Gasteiger partial charge in [-0.05, 0) is 36.6 Å². The van der Waals surface area contributed by atoms with Crippen LogP contribution in [0.25, 0.3) is 0 Å². The fraction of sp³-hybridized carbons (Fsp3) is 0.333. The average Bonchev–Trinajstić information content (AvgIpc) is 2.87. The van der Waals surface area contributed by atoms with Crippen LogP contribution in [0.1, 0.15) is 31.4 Å². The van der Waals surface area contributed by atoms with Gasteiger partial charge in [-0.15, -0.1) is 0 Å². The van der Waals surface area contributed by atoms with Crippen LogP contribution in [0.3, 0.4) is 0 Å². The fourth-order valence-electron chi connectivity index (χ4n) is 3.16. The van der Waals surface area contributed by atoms with Crippen molar-refractivity contribution in [3.63, 3.8) is 0 Å². The molecule has 1 fully saturated rings. The zero-order chi connectivity index (χ0) is 18.6. The third-order valence-corrected chi connectivity index (χ3v) is 4.67. The third-order valence-electron chi connectivity index (χ3n) is 4.67. The standard InChI is InChI=1S/C21H24N2O3/c1-3-7-16-10-12-17(13-11-16)21(2)19(24)23(20(25)22-21)14-15-26-18-8-5-4-6-9-18/h4-6,8-13H,3,7,14-15H2,1-2H3,(H,22,25). The summed E-state index contributed by atoms with van der Waals surface area (Å²) in [5, 5.41) is 2.83. The Hall–Kier alpha value is -2.82. The second-order valence-corrected chi connectivity index (χ2v) is 6.62. The van der Waals surface area contributed by atoms with E-state index in [1.165, 1.54) is 10.5 Å². The molecule has 5 heteroatoms. The highest BCUT2D eigenvalue weighted by Gasteiger charge is 2.48. The van der Waals surface area contributed by atoms with Gasteiger partial charge in [0.1, 0.15) is 17.9 Å². The summed E-state index contributed by atoms with van der Waals surface area (Å²) in [5.74, 6) is 0.469. The maximum atomic E-state index is 12.9. The first-order valence-corrected chi connectivity index (χ1v) is 8.96. The van der Waals surface area contributed by atoms with Gasteiger partial charge < -0.3 is 10.1 Å². The molecule has 0 radical (unpaired) electrons. The predicted molar refractivity (Wildman–Crippen MR) is 100.0 cm³/mol. The molecule has 1 saturated heterocycles. The molecule has 0 aliphatic carbocycles. The number of ether oxygens (including phenoxy) is 1. The lowest BCUT2D eigenvalue weighted by Crippen LogP contribution is -2.41. The number of aryl methyl sites for hydroxylation is 1. The number of imide groups is 1. The monoisotopic (exact) mass is 352 g/mol. The van der Waals surface area contributed by atoms with E-state index < -0.39 is 5.54 Å². The molecule has 26 heavy (non-hydrogen) atoms. The van der Waals surface area contributed by atoms with Gasteiger partial charge >= 0.3 is 6.03 Å². The predicted octanol–water partition coefficient (Wildman–Crippen LogP) is 3.49. The van der Waals surface area contributed by atoms with Gasteiger partial charge in [0.05, 0.1) is 6.54 Å². The summed E-state index contributed by atoms with van der Waals surface area (Å²) >= 11 is 0. The molecule has 1 atom stereocenters. The second kappa shape index (κ2) is 7.60. The first kappa shape index (κ1) is 18.0. The van der Waals surface area contributed by atoms with E-state index in [1.807, 2.05) is 54.6 Å². The summed E-state index contributed by atoms with van der Waals surface area (Å²) in [6, 6.07) is 16.8. The molecule has 1 heterocycles. The molecule has 2 aromatic carbocycles. The molecule has 0 spiro atoms. The largest absolute Gasteiger partial charge is 0.492 e. The molecule has 1 aliphatic rings. The van der Waals surface area contributed by atoms with Crippen molar-refractivity contribution < 1.29 is 14.3 Å². The van der Waals surface area contributed by atoms with Gasteiger partial charge in [-0.2, -0.15) is 0 Å². The molecular weight excluding hydrogens is 328 g/mol. The molecule has 136 valence electrons. The third kappa shape index (κ3) is 3.57. The van der Waals surface area contributed by atoms with E-state index in [9.17, 15) is 9.59 Å². The molecule has 3 amide bonds. The number of nitrogens with one attached hydrogen (secondary N) is 1. The molecule has 0 bridgehead atoms. The average molecular weight is 352 g/mol. The Morgan fingerprint density at radius 2 is 1.73 bits per heavy atom. The Morgan fingerprint density at radius 1 is 1.04 bits per heavy atom. The molecular formula is C21H24N2O3. The molecule has 1 aliphatic heterocycles. The van der Waals surface area contributed by atoms with Crippen LogP contribution in [0.2, 0.25) is 0 Å². The van der Waals surface area contributed by atoms with Crippen molar-refractivity contribution in [1.29, 1.82) is 0 Å². The maximum absolute atomic E-state index is 12.9. The number of carbonyl (C=O) groups excluding carboxylic acids is 2. The summed E-state index contributed by atoms with van der Waals surface area (Å²) in [6.07, 6.45) is 2.07. The minimum Gasteiger partial charge on any atom is -0.492 e. The number of benzene rings is 2. The first-order valence-electron chi connectivity index (χ1n) is 8.96. The van der Waals surface area contributed by atoms with Crippen LogP contribution in [0.5, 0.6) is 5.75 Å². The highest BCUT2D eigenvalue weighted by atomic mass is 16.5. The Kier molecular flexibility index (Phi) is 5.26. The van der Waals surface area contributed by atoms with Gasteiger partial charge in [-0.25, -0.2) is 4.79 Å². The minimum atomic E-state index is -1.03. The zero-order valence-electron chi connectivity index (χ0n) is 15.2. The molecule has 1 N–H and O–H groups in total. The lowest BCUT2D eigenvalue weighted by molar-refractivity contribution is -0.131. The van der Waals surface area contributed by atoms with Crippen LogP contribution in [0, 0.1) is 0 Å². The fourth-order valence-corrected chi connectivity index (χ4v) is 3.16. The Morgan fingerprint density at radius 3 is 2.38 bits per heavy atom. The van der Waals surface area contributed by atoms with Gasteiger partial charge in [-0.1, -0.05) is 55.8 Å². The number of rotatable bonds is 7. The highest BCUT2D eigenvalue weighted by molar-refractivity contribution is 6.07. The van der Waals surface area contributed by atoms with Crippen LogP contribution < -0.4 is 10.1 Å². The molecule has 0 aromatic heterocycles. The van der Waals surface area contributed by atoms with E-state index >= 15 is 0 Å². The Labute approximate surface area is 154 Å². The number of hydrogen-bond donors (Lipinski definition) is 1. The van der Waals surface area contributed by atoms with E-state index in [-0.39, 0.29) is 25.1 Å². The molecule has 3 rings (SSSR count). The topological polar surface area (TPSA) is 58.6 Å². The SMILES string of the molecule is CCCc1ccc(C2(C)NC(=O)N(CCOc3ccccc3)C2=O)cc1. The van der Waals surface area contributed by atoms with Crippen LogP contribution in [-0.4, -0.2) is 30.0 Å². The number of amides is 3. The Bertz CT molecular complexity index is 774. The summed E-state index contributed by atoms with van der Waals surface area (Å²) in [7, 11) is 0. The summed E-state index contributed by atoms with van der Waals surface area (Å²) in [4.78, 5) is 26.4. The molecule has 2 aromatic rings. The van der Waals surface area contributed by atoms with Crippen LogP contribution in [0.15, 0.2) is 54.6 Å². The number of para-hydroxylation sites is 1. The van der Waals surface area contributed by atoms with E-state index in [0.717, 1.165) is 18.4 Å². The number of nitrogens with zero attached hydrogens (tertiary/aromatic N) is 1. The van der Waals surface area contributed by atoms with Crippen molar-refractivity contribution >= 4 is 11.9 Å². The smallest absolute Gasteiger partial charge is 0.325 e. The van der Waals surface area contributed by atoms with Crippen LogP contribution >= 0.6 is 0 Å². The highest BCUT2D eigenvalue weighted by Crippen LogP contribution is 2.29. The summed E-state index contributed by atoms with van der Waals surface area (Å²) in [5.41, 5.74) is 0.987. The van der Waals surface area contributed by atoms with Crippen molar-refractivity contribution in [3.8, 4) is 5.75 Å². The van der Waals surface area contributed by atoms with Crippen LogP contribution in [-0.2, 0) is 16.8 Å². The lowest BCUT2D eigenvalue weighted by Gasteiger charge is -2.22. The van der Waals surface area contributed by atoms with E-state index in [0.29, 0.717) is 5.75 Å². The van der Waals surface area contributed by atoms with Crippen molar-refractivity contribution in [3.05, 3.63) is 65.7 Å². The minimum absolute atomic E-state index is 0.211. The van der Waals surface area contributed by atoms with Crippen molar-refractivity contribution in [2.45, 2.75) is 32.2 Å². The number of hydrogen-bond acceptors (Lipinski definition) is 3. The van der Waals surface area contributed by atoms with Gasteiger partial charge in [-0.3, -0.25) is 9.69 Å². The molecule has 5 nitrogen and oxygen atoms in total.